The van der Waals surface area contributed by atoms with E-state index in [0.717, 1.165) is 12.1 Å². The zero-order valence-electron chi connectivity index (χ0n) is 16.3. The van der Waals surface area contributed by atoms with Crippen molar-refractivity contribution in [3.05, 3.63) is 54.3 Å². The first-order valence-corrected chi connectivity index (χ1v) is 11.3. The summed E-state index contributed by atoms with van der Waals surface area (Å²) in [7, 11) is -3.77. The van der Waals surface area contributed by atoms with Crippen LogP contribution < -0.4 is 14.8 Å². The van der Waals surface area contributed by atoms with Crippen LogP contribution in [0.25, 0.3) is 0 Å². The molecule has 2 aliphatic heterocycles. The molecule has 160 valence electrons. The van der Waals surface area contributed by atoms with E-state index >= 15 is 0 Å². The van der Waals surface area contributed by atoms with Crippen LogP contribution >= 0.6 is 0 Å². The van der Waals surface area contributed by atoms with Crippen molar-refractivity contribution in [2.24, 2.45) is 5.92 Å². The predicted molar refractivity (Wildman–Crippen MR) is 107 cm³/mol. The van der Waals surface area contributed by atoms with Gasteiger partial charge in [-0.25, -0.2) is 12.8 Å². The highest BCUT2D eigenvalue weighted by Crippen LogP contribution is 2.30. The van der Waals surface area contributed by atoms with Gasteiger partial charge in [0.2, 0.25) is 15.9 Å². The molecular weight excluding hydrogens is 411 g/mol. The quantitative estimate of drug-likeness (QED) is 0.780. The first-order chi connectivity index (χ1) is 14.4. The first kappa shape index (κ1) is 20.6. The number of nitrogens with one attached hydrogen (secondary N) is 1. The van der Waals surface area contributed by atoms with Crippen molar-refractivity contribution in [2.75, 3.05) is 26.2 Å². The number of para-hydroxylation sites is 2. The summed E-state index contributed by atoms with van der Waals surface area (Å²) in [4.78, 5) is 12.7. The van der Waals surface area contributed by atoms with Gasteiger partial charge in [0.25, 0.3) is 0 Å². The molecule has 2 atom stereocenters. The largest absolute Gasteiger partial charge is 0.486 e. The Bertz CT molecular complexity index is 1010. The molecule has 1 N–H and O–H groups in total. The fourth-order valence-corrected chi connectivity index (χ4v) is 5.18. The molecule has 2 heterocycles. The van der Waals surface area contributed by atoms with E-state index in [-0.39, 0.29) is 30.0 Å². The fraction of sp³-hybridized carbons (Fsp3) is 0.381. The molecule has 0 bridgehead atoms. The molecule has 1 fully saturated rings. The Kier molecular flexibility index (Phi) is 5.92. The van der Waals surface area contributed by atoms with E-state index < -0.39 is 21.8 Å². The number of carbonyl (C=O) groups excluding carboxylic acids is 1. The molecule has 0 aliphatic carbocycles. The lowest BCUT2D eigenvalue weighted by molar-refractivity contribution is -0.126. The summed E-state index contributed by atoms with van der Waals surface area (Å²) in [6.07, 6.45) is 0.868. The van der Waals surface area contributed by atoms with E-state index in [1.807, 2.05) is 24.3 Å². The van der Waals surface area contributed by atoms with Gasteiger partial charge in [0.1, 0.15) is 18.5 Å². The molecule has 9 heteroatoms. The lowest BCUT2D eigenvalue weighted by atomic mass is 9.99. The fourth-order valence-electron chi connectivity index (χ4n) is 3.65. The SMILES string of the molecule is O=C(NCC1COc2ccccc2O1)C1CCCN(S(=O)(=O)c2ccc(F)cc2)C1. The highest BCUT2D eigenvalue weighted by Gasteiger charge is 2.33. The normalized spacial score (nSPS) is 21.8. The Balaban J connectivity index is 1.34. The standard InChI is InChI=1S/C21H23FN2O5S/c22-16-7-9-18(10-8-16)30(26,27)24-11-3-4-15(13-24)21(25)23-12-17-14-28-19-5-1-2-6-20(19)29-17/h1-2,5-10,15,17H,3-4,11-14H2,(H,23,25). The number of amides is 1. The number of hydrogen-bond donors (Lipinski definition) is 1. The highest BCUT2D eigenvalue weighted by molar-refractivity contribution is 7.89. The van der Waals surface area contributed by atoms with E-state index in [9.17, 15) is 17.6 Å². The molecule has 4 rings (SSSR count). The van der Waals surface area contributed by atoms with Crippen LogP contribution in [0, 0.1) is 11.7 Å². The van der Waals surface area contributed by atoms with Gasteiger partial charge < -0.3 is 14.8 Å². The molecule has 2 unspecified atom stereocenters. The van der Waals surface area contributed by atoms with Crippen LogP contribution in [0.4, 0.5) is 4.39 Å². The molecule has 2 aliphatic rings. The van der Waals surface area contributed by atoms with Crippen molar-refractivity contribution in [3.63, 3.8) is 0 Å². The molecule has 0 radical (unpaired) electrons. The van der Waals surface area contributed by atoms with E-state index in [0.29, 0.717) is 37.5 Å². The Morgan fingerprint density at radius 1 is 1.13 bits per heavy atom. The monoisotopic (exact) mass is 434 g/mol. The van der Waals surface area contributed by atoms with Crippen molar-refractivity contribution in [2.45, 2.75) is 23.8 Å². The van der Waals surface area contributed by atoms with E-state index in [2.05, 4.69) is 5.32 Å². The number of ether oxygens (including phenoxy) is 2. The average molecular weight is 434 g/mol. The minimum absolute atomic E-state index is 0.0244. The number of sulfonamides is 1. The predicted octanol–water partition coefficient (Wildman–Crippen LogP) is 2.18. The Morgan fingerprint density at radius 3 is 2.63 bits per heavy atom. The van der Waals surface area contributed by atoms with E-state index in [1.54, 1.807) is 0 Å². The van der Waals surface area contributed by atoms with Crippen LogP contribution in [-0.2, 0) is 14.8 Å². The molecular formula is C21H23FN2O5S. The molecule has 30 heavy (non-hydrogen) atoms. The average Bonchev–Trinajstić information content (AvgIpc) is 2.77. The molecule has 0 saturated carbocycles. The second-order valence-electron chi connectivity index (χ2n) is 7.40. The van der Waals surface area contributed by atoms with Crippen molar-refractivity contribution >= 4 is 15.9 Å². The van der Waals surface area contributed by atoms with E-state index in [4.69, 9.17) is 9.47 Å². The van der Waals surface area contributed by atoms with Crippen LogP contribution in [0.1, 0.15) is 12.8 Å². The lowest BCUT2D eigenvalue weighted by Crippen LogP contribution is -2.48. The number of piperidine rings is 1. The molecule has 2 aromatic carbocycles. The maximum absolute atomic E-state index is 13.1. The van der Waals surface area contributed by atoms with Crippen molar-refractivity contribution in [1.82, 2.24) is 9.62 Å². The smallest absolute Gasteiger partial charge is 0.243 e. The van der Waals surface area contributed by atoms with Gasteiger partial charge >= 0.3 is 0 Å². The molecule has 7 nitrogen and oxygen atoms in total. The molecule has 0 aromatic heterocycles. The maximum atomic E-state index is 13.1. The van der Waals surface area contributed by atoms with Crippen molar-refractivity contribution < 1.29 is 27.1 Å². The third-order valence-corrected chi connectivity index (χ3v) is 7.16. The summed E-state index contributed by atoms with van der Waals surface area (Å²) in [5.41, 5.74) is 0. The van der Waals surface area contributed by atoms with Crippen LogP contribution in [0.2, 0.25) is 0 Å². The third-order valence-electron chi connectivity index (χ3n) is 5.28. The topological polar surface area (TPSA) is 84.9 Å². The summed E-state index contributed by atoms with van der Waals surface area (Å²) in [6, 6.07) is 12.1. The Hall–Kier alpha value is -2.65. The minimum Gasteiger partial charge on any atom is -0.486 e. The van der Waals surface area contributed by atoms with Gasteiger partial charge in [-0.15, -0.1) is 0 Å². The van der Waals surface area contributed by atoms with Gasteiger partial charge in [-0.1, -0.05) is 12.1 Å². The Labute approximate surface area is 174 Å². The summed E-state index contributed by atoms with van der Waals surface area (Å²) in [5.74, 6) is 0.148. The second-order valence-corrected chi connectivity index (χ2v) is 9.34. The summed E-state index contributed by atoms with van der Waals surface area (Å²) >= 11 is 0. The Morgan fingerprint density at radius 2 is 1.87 bits per heavy atom. The van der Waals surface area contributed by atoms with Gasteiger partial charge in [0.05, 0.1) is 17.4 Å². The van der Waals surface area contributed by atoms with E-state index in [1.165, 1.54) is 16.4 Å². The van der Waals surface area contributed by atoms with Gasteiger partial charge in [-0.05, 0) is 49.2 Å². The number of rotatable bonds is 5. The molecule has 0 spiro atoms. The molecule has 2 aromatic rings. The van der Waals surface area contributed by atoms with Gasteiger partial charge in [0.15, 0.2) is 11.5 Å². The first-order valence-electron chi connectivity index (χ1n) is 9.85. The second kappa shape index (κ2) is 8.61. The minimum atomic E-state index is -3.77. The maximum Gasteiger partial charge on any atom is 0.243 e. The van der Waals surface area contributed by atoms with Crippen LogP contribution in [-0.4, -0.2) is 51.0 Å². The number of benzene rings is 2. The number of carbonyl (C=O) groups is 1. The zero-order chi connectivity index (χ0) is 21.1. The zero-order valence-corrected chi connectivity index (χ0v) is 17.1. The van der Waals surface area contributed by atoms with Crippen LogP contribution in [0.5, 0.6) is 11.5 Å². The summed E-state index contributed by atoms with van der Waals surface area (Å²) in [5, 5.41) is 2.86. The van der Waals surface area contributed by atoms with Gasteiger partial charge in [-0.3, -0.25) is 4.79 Å². The highest BCUT2D eigenvalue weighted by atomic mass is 32.2. The van der Waals surface area contributed by atoms with Gasteiger partial charge in [0, 0.05) is 13.1 Å². The lowest BCUT2D eigenvalue weighted by Gasteiger charge is -2.32. The number of halogens is 1. The van der Waals surface area contributed by atoms with Crippen molar-refractivity contribution in [3.8, 4) is 11.5 Å². The molecule has 1 amide bonds. The number of fused-ring (bicyclic) bond motifs is 1. The van der Waals surface area contributed by atoms with Gasteiger partial charge in [-0.2, -0.15) is 4.31 Å². The van der Waals surface area contributed by atoms with Crippen LogP contribution in [0.3, 0.4) is 0 Å². The summed E-state index contributed by atoms with van der Waals surface area (Å²) in [6.45, 7) is 1.03. The summed E-state index contributed by atoms with van der Waals surface area (Å²) < 4.78 is 51.5. The van der Waals surface area contributed by atoms with Crippen LogP contribution in [0.15, 0.2) is 53.4 Å². The number of hydrogen-bond acceptors (Lipinski definition) is 5. The molecule has 1 saturated heterocycles. The van der Waals surface area contributed by atoms with Crippen molar-refractivity contribution in [1.29, 1.82) is 0 Å². The number of nitrogens with zero attached hydrogens (tertiary/aromatic N) is 1. The third kappa shape index (κ3) is 4.41.